The Labute approximate surface area is 628 Å². The van der Waals surface area contributed by atoms with Crippen LogP contribution in [0.3, 0.4) is 0 Å². The number of aliphatic hydroxyl groups is 1. The van der Waals surface area contributed by atoms with E-state index >= 15 is 0 Å². The topological polar surface area (TPSA) is 253 Å². The average Bonchev–Trinajstić information content (AvgIpc) is 1.53. The SMILES string of the molecule is CCCCCCCCCCCCCCCCCCOc1cc(C(=O)N(C)CCOC(=O)CCC(=O)OCCOP(=O)(OCCC#N)OC2C[C@H](n3cc(C)c(=O)[nH]c3=O)O[C@@H]2CO)cc(OCCCCCCCCCCCCCCCCCC)c1OCCCCCCCCCCCCCCCCCC. The van der Waals surface area contributed by atoms with E-state index in [1.54, 1.807) is 19.2 Å². The number of nitrogens with one attached hydrogen (secondary N) is 1. The van der Waals surface area contributed by atoms with E-state index in [0.29, 0.717) is 42.6 Å². The molecule has 0 radical (unpaired) electrons. The van der Waals surface area contributed by atoms with Gasteiger partial charge < -0.3 is 38.4 Å². The number of esters is 2. The second-order valence-electron chi connectivity index (χ2n) is 29.1. The van der Waals surface area contributed by atoms with Crippen LogP contribution in [0, 0.1) is 18.3 Å². The summed E-state index contributed by atoms with van der Waals surface area (Å²) in [4.78, 5) is 68.3. The number of phosphoric acid groups is 1. The van der Waals surface area contributed by atoms with E-state index in [4.69, 9.17) is 47.3 Å². The molecule has 1 aromatic carbocycles. The van der Waals surface area contributed by atoms with Crippen LogP contribution in [0.4, 0.5) is 0 Å². The molecule has 20 nitrogen and oxygen atoms in total. The van der Waals surface area contributed by atoms with Crippen molar-refractivity contribution in [2.45, 2.75) is 380 Å². The van der Waals surface area contributed by atoms with Gasteiger partial charge in [-0.05, 0) is 38.3 Å². The average molecular weight is 1490 g/mol. The van der Waals surface area contributed by atoms with Crippen molar-refractivity contribution in [2.24, 2.45) is 0 Å². The van der Waals surface area contributed by atoms with Crippen molar-refractivity contribution in [3.05, 3.63) is 50.3 Å². The largest absolute Gasteiger partial charge is 0.490 e. The molecule has 104 heavy (non-hydrogen) atoms. The number of rotatable bonds is 72. The van der Waals surface area contributed by atoms with E-state index in [-0.39, 0.29) is 56.9 Å². The lowest BCUT2D eigenvalue weighted by atomic mass is 10.0. The molecule has 2 unspecified atom stereocenters. The molecule has 1 aliphatic rings. The molecular weight excluding hydrogens is 1340 g/mol. The van der Waals surface area contributed by atoms with Gasteiger partial charge in [0.1, 0.15) is 31.6 Å². The molecule has 3 rings (SSSR count). The van der Waals surface area contributed by atoms with Crippen molar-refractivity contribution in [3.8, 4) is 23.3 Å². The van der Waals surface area contributed by atoms with Gasteiger partial charge in [-0.2, -0.15) is 5.26 Å². The number of aliphatic hydroxyl groups excluding tert-OH is 1. The molecule has 1 saturated heterocycles. The van der Waals surface area contributed by atoms with Gasteiger partial charge in [0.15, 0.2) is 11.5 Å². The molecule has 2 N–H and O–H groups in total. The molecule has 1 aromatic heterocycles. The molecule has 21 heteroatoms. The fourth-order valence-corrected chi connectivity index (χ4v) is 14.6. The molecule has 1 amide bonds. The number of nitriles is 1. The van der Waals surface area contributed by atoms with Gasteiger partial charge in [-0.3, -0.25) is 42.3 Å². The number of carbonyl (C=O) groups excluding carboxylic acids is 3. The third-order valence-corrected chi connectivity index (χ3v) is 21.3. The number of likely N-dealkylation sites (N-methyl/N-ethyl adjacent to an activating group) is 1. The van der Waals surface area contributed by atoms with Gasteiger partial charge in [-0.25, -0.2) is 9.36 Å². The Morgan fingerprint density at radius 2 is 0.904 bits per heavy atom. The molecule has 1 aliphatic heterocycles. The Bertz CT molecular complexity index is 2640. The summed E-state index contributed by atoms with van der Waals surface area (Å²) in [6.45, 7) is 7.89. The van der Waals surface area contributed by atoms with Gasteiger partial charge in [0, 0.05) is 30.8 Å². The lowest BCUT2D eigenvalue weighted by Gasteiger charge is -2.23. The molecule has 598 valence electrons. The normalized spacial score (nSPS) is 14.9. The minimum absolute atomic E-state index is 0.0607. The summed E-state index contributed by atoms with van der Waals surface area (Å²) < 4.78 is 67.9. The summed E-state index contributed by atoms with van der Waals surface area (Å²) in [6.07, 6.45) is 58.6. The van der Waals surface area contributed by atoms with Crippen molar-refractivity contribution in [1.29, 1.82) is 5.26 Å². The van der Waals surface area contributed by atoms with E-state index in [9.17, 15) is 33.6 Å². The number of benzene rings is 1. The summed E-state index contributed by atoms with van der Waals surface area (Å²) in [5, 5.41) is 19.2. The lowest BCUT2D eigenvalue weighted by molar-refractivity contribution is -0.150. The Morgan fingerprint density at radius 1 is 0.538 bits per heavy atom. The van der Waals surface area contributed by atoms with Crippen LogP contribution in [0.25, 0.3) is 0 Å². The van der Waals surface area contributed by atoms with E-state index in [2.05, 4.69) is 25.8 Å². The van der Waals surface area contributed by atoms with Crippen LogP contribution in [0.2, 0.25) is 0 Å². The molecule has 4 atom stereocenters. The number of aromatic amines is 1. The smallest absolute Gasteiger partial charge is 0.475 e. The van der Waals surface area contributed by atoms with Crippen LogP contribution < -0.4 is 25.5 Å². The lowest BCUT2D eigenvalue weighted by Crippen LogP contribution is -2.33. The molecule has 0 spiro atoms. The number of unbranched alkanes of at least 4 members (excludes halogenated alkanes) is 45. The highest BCUT2D eigenvalue weighted by molar-refractivity contribution is 7.48. The first kappa shape index (κ1) is 93.4. The number of hydrogen-bond donors (Lipinski definition) is 2. The first-order valence-corrected chi connectivity index (χ1v) is 43.4. The molecule has 0 bridgehead atoms. The Morgan fingerprint density at radius 3 is 1.29 bits per heavy atom. The first-order valence-electron chi connectivity index (χ1n) is 41.9. The highest BCUT2D eigenvalue weighted by atomic mass is 31.2. The zero-order valence-electron chi connectivity index (χ0n) is 66.0. The number of phosphoric ester groups is 1. The second kappa shape index (κ2) is 63.2. The van der Waals surface area contributed by atoms with Crippen LogP contribution in [-0.4, -0.2) is 116 Å². The molecule has 1 fully saturated rings. The zero-order chi connectivity index (χ0) is 75.2. The summed E-state index contributed by atoms with van der Waals surface area (Å²) in [5.41, 5.74) is -0.728. The summed E-state index contributed by atoms with van der Waals surface area (Å²) in [6, 6.07) is 5.40. The summed E-state index contributed by atoms with van der Waals surface area (Å²) in [7, 11) is -2.85. The first-order chi connectivity index (χ1) is 50.8. The van der Waals surface area contributed by atoms with Crippen molar-refractivity contribution in [2.75, 3.05) is 66.4 Å². The van der Waals surface area contributed by atoms with E-state index in [1.807, 2.05) is 6.07 Å². The summed E-state index contributed by atoms with van der Waals surface area (Å²) >= 11 is 0. The Kier molecular flexibility index (Phi) is 56.8. The maximum Gasteiger partial charge on any atom is 0.475 e. The zero-order valence-corrected chi connectivity index (χ0v) is 66.9. The number of H-pyrrole nitrogens is 1. The molecule has 0 saturated carbocycles. The van der Waals surface area contributed by atoms with Crippen LogP contribution in [0.1, 0.15) is 377 Å². The number of aryl methyl sites for hydroxylation is 1. The van der Waals surface area contributed by atoms with E-state index < -0.39 is 69.3 Å². The van der Waals surface area contributed by atoms with Crippen molar-refractivity contribution in [3.63, 3.8) is 0 Å². The van der Waals surface area contributed by atoms with Gasteiger partial charge in [-0.1, -0.05) is 310 Å². The number of hydrogen-bond acceptors (Lipinski definition) is 17. The second-order valence-corrected chi connectivity index (χ2v) is 30.7. The van der Waals surface area contributed by atoms with Gasteiger partial charge in [0.05, 0.1) is 71.5 Å². The Hall–Kier alpha value is -4.77. The van der Waals surface area contributed by atoms with E-state index in [0.717, 1.165) is 55.9 Å². The third-order valence-electron chi connectivity index (χ3n) is 19.7. The quantitative estimate of drug-likeness (QED) is 0.0355. The highest BCUT2D eigenvalue weighted by Gasteiger charge is 2.43. The number of ether oxygens (including phenoxy) is 6. The molecule has 2 aromatic rings. The minimum Gasteiger partial charge on any atom is -0.490 e. The predicted octanol–water partition coefficient (Wildman–Crippen LogP) is 21.1. The summed E-state index contributed by atoms with van der Waals surface area (Å²) in [5.74, 6) is -0.251. The van der Waals surface area contributed by atoms with Crippen molar-refractivity contribution >= 4 is 25.7 Å². The van der Waals surface area contributed by atoms with Crippen LogP contribution in [-0.2, 0) is 41.9 Å². The molecule has 2 heterocycles. The highest BCUT2D eigenvalue weighted by Crippen LogP contribution is 2.53. The van der Waals surface area contributed by atoms with Crippen molar-refractivity contribution in [1.82, 2.24) is 14.5 Å². The van der Waals surface area contributed by atoms with Crippen LogP contribution >= 0.6 is 7.82 Å². The fraction of sp³-hybridized carbons (Fsp3) is 0.831. The van der Waals surface area contributed by atoms with Gasteiger partial charge in [-0.15, -0.1) is 0 Å². The van der Waals surface area contributed by atoms with Gasteiger partial charge >= 0.3 is 25.5 Å². The standard InChI is InChI=1S/C83H145N4O16P/c1-6-9-12-15-18-21-24-27-30-33-36-39-42-45-48-51-59-95-74-66-72(67-75(96-60-52-49-46-43-40-37-34-31-28-25-22-19-16-13-10-7-2)80(74)99-61-53-50-47-44-41-38-35-32-29-26-23-20-17-14-11-8-3)82(92)86(5)58-63-97-78(89)55-56-79(90)98-64-65-101-104(94,100-62-54-57-84)103-73-68-77(102-76(73)70-88)87-69-71(4)81(91)85-83(87)93/h66-67,69,73,76-77,88H,6-56,58-65,68,70H2,1-5H3,(H,85,91,93)/t73?,76-,77-,104?/m1/s1. The third kappa shape index (κ3) is 45.8. The Balaban J connectivity index is 1.60. The predicted molar refractivity (Wildman–Crippen MR) is 416 cm³/mol. The molecule has 0 aliphatic carbocycles. The fourth-order valence-electron chi connectivity index (χ4n) is 13.2. The number of aromatic nitrogens is 2. The van der Waals surface area contributed by atoms with Crippen LogP contribution in [0.5, 0.6) is 17.2 Å². The number of nitrogens with zero attached hydrogens (tertiary/aromatic N) is 3. The maximum absolute atomic E-state index is 14.4. The van der Waals surface area contributed by atoms with Gasteiger partial charge in [0.25, 0.3) is 11.5 Å². The number of carbonyl (C=O) groups is 3. The van der Waals surface area contributed by atoms with E-state index in [1.165, 1.54) is 275 Å². The van der Waals surface area contributed by atoms with Gasteiger partial charge in [0.2, 0.25) is 5.75 Å². The number of amides is 1. The van der Waals surface area contributed by atoms with Crippen molar-refractivity contribution < 1.29 is 66.0 Å². The maximum atomic E-state index is 14.4. The molecular formula is C83H145N4O16P. The van der Waals surface area contributed by atoms with Crippen LogP contribution in [0.15, 0.2) is 27.9 Å². The minimum atomic E-state index is -4.49. The monoisotopic (exact) mass is 1490 g/mol.